The Bertz CT molecular complexity index is 848. The highest BCUT2D eigenvalue weighted by molar-refractivity contribution is 7.71. The number of benzene rings is 1. The van der Waals surface area contributed by atoms with Gasteiger partial charge < -0.3 is 9.15 Å². The van der Waals surface area contributed by atoms with Gasteiger partial charge in [-0.15, -0.1) is 5.10 Å². The van der Waals surface area contributed by atoms with Gasteiger partial charge in [-0.05, 0) is 60.6 Å². The fourth-order valence-electron chi connectivity index (χ4n) is 2.07. The van der Waals surface area contributed by atoms with Gasteiger partial charge in [0.1, 0.15) is 5.75 Å². The van der Waals surface area contributed by atoms with E-state index in [1.807, 2.05) is 24.3 Å². The molecule has 0 aliphatic heterocycles. The van der Waals surface area contributed by atoms with E-state index in [0.29, 0.717) is 16.4 Å². The molecule has 24 heavy (non-hydrogen) atoms. The Kier molecular flexibility index (Phi) is 5.22. The van der Waals surface area contributed by atoms with Crippen LogP contribution in [0.1, 0.15) is 25.3 Å². The molecular weight excluding hydrogens is 324 g/mol. The van der Waals surface area contributed by atoms with E-state index in [0.717, 1.165) is 30.8 Å². The lowest BCUT2D eigenvalue weighted by molar-refractivity contribution is 0.309. The lowest BCUT2D eigenvalue weighted by Gasteiger charge is -2.04. The Morgan fingerprint density at radius 2 is 2.17 bits per heavy atom. The van der Waals surface area contributed by atoms with Crippen molar-refractivity contribution in [1.29, 1.82) is 0 Å². The average molecular weight is 342 g/mol. The zero-order valence-corrected chi connectivity index (χ0v) is 14.1. The van der Waals surface area contributed by atoms with Crippen LogP contribution in [-0.2, 0) is 0 Å². The normalized spacial score (nSPS) is 11.2. The predicted octanol–water partition coefficient (Wildman–Crippen LogP) is 4.26. The lowest BCUT2D eigenvalue weighted by atomic mass is 10.2. The lowest BCUT2D eigenvalue weighted by Crippen LogP contribution is -1.97. The molecule has 7 heteroatoms. The summed E-state index contributed by atoms with van der Waals surface area (Å²) in [6.07, 6.45) is 5.47. The third-order valence-electron chi connectivity index (χ3n) is 3.36. The van der Waals surface area contributed by atoms with Crippen LogP contribution in [-0.4, -0.2) is 27.7 Å². The van der Waals surface area contributed by atoms with Crippen molar-refractivity contribution in [2.75, 3.05) is 6.61 Å². The number of nitrogens with one attached hydrogen (secondary N) is 1. The molecule has 0 bridgehead atoms. The third kappa shape index (κ3) is 3.80. The molecule has 0 aliphatic carbocycles. The standard InChI is InChI=1S/C17H18N4O2S/c1-2-3-10-22-14-8-6-13(7-9-14)12-18-21-16(19-20-17(21)24)15-5-4-11-23-15/h4-9,11-12H,2-3,10H2,1H3,(H,20,24)/b18-12-. The summed E-state index contributed by atoms with van der Waals surface area (Å²) in [5, 5.41) is 11.3. The molecule has 0 spiro atoms. The first kappa shape index (κ1) is 16.2. The zero-order chi connectivity index (χ0) is 16.8. The highest BCUT2D eigenvalue weighted by Gasteiger charge is 2.10. The molecule has 0 radical (unpaired) electrons. The van der Waals surface area contributed by atoms with Gasteiger partial charge in [0, 0.05) is 0 Å². The van der Waals surface area contributed by atoms with Gasteiger partial charge in [-0.2, -0.15) is 9.78 Å². The number of hydrogen-bond donors (Lipinski definition) is 1. The van der Waals surface area contributed by atoms with Crippen molar-refractivity contribution >= 4 is 18.4 Å². The van der Waals surface area contributed by atoms with Crippen LogP contribution < -0.4 is 4.74 Å². The summed E-state index contributed by atoms with van der Waals surface area (Å²) < 4.78 is 12.9. The highest BCUT2D eigenvalue weighted by Crippen LogP contribution is 2.17. The molecule has 0 aliphatic rings. The Balaban J connectivity index is 1.75. The Hall–Kier alpha value is -2.67. The van der Waals surface area contributed by atoms with Crippen molar-refractivity contribution in [3.63, 3.8) is 0 Å². The first-order valence-corrected chi connectivity index (χ1v) is 8.17. The summed E-state index contributed by atoms with van der Waals surface area (Å²) >= 11 is 5.21. The molecule has 0 amide bonds. The second kappa shape index (κ2) is 7.74. The van der Waals surface area contributed by atoms with Crippen molar-refractivity contribution in [2.45, 2.75) is 19.8 Å². The van der Waals surface area contributed by atoms with Crippen molar-refractivity contribution < 1.29 is 9.15 Å². The van der Waals surface area contributed by atoms with Gasteiger partial charge in [0.25, 0.3) is 0 Å². The molecule has 0 fully saturated rings. The van der Waals surface area contributed by atoms with Crippen LogP contribution in [0.25, 0.3) is 11.6 Å². The number of furan rings is 1. The van der Waals surface area contributed by atoms with Gasteiger partial charge in [0.15, 0.2) is 5.76 Å². The van der Waals surface area contributed by atoms with E-state index in [-0.39, 0.29) is 0 Å². The predicted molar refractivity (Wildman–Crippen MR) is 95.0 cm³/mol. The van der Waals surface area contributed by atoms with Crippen molar-refractivity contribution in [3.8, 4) is 17.3 Å². The summed E-state index contributed by atoms with van der Waals surface area (Å²) in [6, 6.07) is 11.3. The van der Waals surface area contributed by atoms with Crippen molar-refractivity contribution in [1.82, 2.24) is 14.9 Å². The van der Waals surface area contributed by atoms with E-state index in [1.54, 1.807) is 24.6 Å². The molecule has 0 saturated heterocycles. The summed E-state index contributed by atoms with van der Waals surface area (Å²) in [5.74, 6) is 1.98. The number of rotatable bonds is 7. The van der Waals surface area contributed by atoms with Crippen LogP contribution in [0.5, 0.6) is 5.75 Å². The van der Waals surface area contributed by atoms with E-state index in [2.05, 4.69) is 22.2 Å². The molecule has 0 saturated carbocycles. The fourth-order valence-corrected chi connectivity index (χ4v) is 2.25. The average Bonchev–Trinajstić information content (AvgIpc) is 3.24. The smallest absolute Gasteiger partial charge is 0.219 e. The Morgan fingerprint density at radius 1 is 1.33 bits per heavy atom. The number of ether oxygens (including phenoxy) is 1. The number of H-pyrrole nitrogens is 1. The van der Waals surface area contributed by atoms with Gasteiger partial charge in [-0.3, -0.25) is 0 Å². The third-order valence-corrected chi connectivity index (χ3v) is 3.63. The minimum Gasteiger partial charge on any atom is -0.494 e. The number of aromatic amines is 1. The Morgan fingerprint density at radius 3 is 2.88 bits per heavy atom. The topological polar surface area (TPSA) is 68.3 Å². The summed E-state index contributed by atoms with van der Waals surface area (Å²) in [5.41, 5.74) is 0.936. The zero-order valence-electron chi connectivity index (χ0n) is 13.3. The van der Waals surface area contributed by atoms with Crippen LogP contribution in [0.15, 0.2) is 52.2 Å². The van der Waals surface area contributed by atoms with Crippen LogP contribution in [0.4, 0.5) is 0 Å². The molecule has 2 aromatic heterocycles. The van der Waals surface area contributed by atoms with E-state index < -0.39 is 0 Å². The second-order valence-electron chi connectivity index (χ2n) is 5.16. The molecule has 6 nitrogen and oxygen atoms in total. The number of nitrogens with zero attached hydrogens (tertiary/aromatic N) is 3. The van der Waals surface area contributed by atoms with Crippen LogP contribution in [0, 0.1) is 4.77 Å². The molecule has 1 N–H and O–H groups in total. The summed E-state index contributed by atoms with van der Waals surface area (Å²) in [4.78, 5) is 0. The van der Waals surface area contributed by atoms with Gasteiger partial charge in [-0.25, -0.2) is 5.10 Å². The van der Waals surface area contributed by atoms with E-state index in [4.69, 9.17) is 21.4 Å². The van der Waals surface area contributed by atoms with Crippen molar-refractivity contribution in [3.05, 3.63) is 53.0 Å². The number of aromatic nitrogens is 3. The van der Waals surface area contributed by atoms with Crippen molar-refractivity contribution in [2.24, 2.45) is 5.10 Å². The molecule has 1 aromatic carbocycles. The minimum absolute atomic E-state index is 0.400. The fraction of sp³-hybridized carbons (Fsp3) is 0.235. The number of unbranched alkanes of at least 4 members (excludes halogenated alkanes) is 1. The van der Waals surface area contributed by atoms with Crippen LogP contribution in [0.2, 0.25) is 0 Å². The van der Waals surface area contributed by atoms with E-state index >= 15 is 0 Å². The first-order chi connectivity index (χ1) is 11.8. The monoisotopic (exact) mass is 342 g/mol. The maximum atomic E-state index is 5.65. The SMILES string of the molecule is CCCCOc1ccc(/C=N\n2c(-c3ccco3)n[nH]c2=S)cc1. The molecule has 2 heterocycles. The molecule has 0 unspecified atom stereocenters. The van der Waals surface area contributed by atoms with E-state index in [1.165, 1.54) is 4.68 Å². The van der Waals surface area contributed by atoms with Gasteiger partial charge in [0.2, 0.25) is 10.6 Å². The first-order valence-electron chi connectivity index (χ1n) is 7.76. The quantitative estimate of drug-likeness (QED) is 0.396. The minimum atomic E-state index is 0.400. The highest BCUT2D eigenvalue weighted by atomic mass is 32.1. The van der Waals surface area contributed by atoms with Gasteiger partial charge in [0.05, 0.1) is 19.1 Å². The van der Waals surface area contributed by atoms with E-state index in [9.17, 15) is 0 Å². The molecule has 0 atom stereocenters. The maximum absolute atomic E-state index is 5.65. The molecule has 3 aromatic rings. The summed E-state index contributed by atoms with van der Waals surface area (Å²) in [6.45, 7) is 2.88. The largest absolute Gasteiger partial charge is 0.494 e. The van der Waals surface area contributed by atoms with Crippen LogP contribution >= 0.6 is 12.2 Å². The second-order valence-corrected chi connectivity index (χ2v) is 5.54. The molecule has 3 rings (SSSR count). The van der Waals surface area contributed by atoms with Gasteiger partial charge in [-0.1, -0.05) is 13.3 Å². The van der Waals surface area contributed by atoms with Gasteiger partial charge >= 0.3 is 0 Å². The molecule has 124 valence electrons. The summed E-state index contributed by atoms with van der Waals surface area (Å²) in [7, 11) is 0. The number of hydrogen-bond acceptors (Lipinski definition) is 5. The van der Waals surface area contributed by atoms with Crippen LogP contribution in [0.3, 0.4) is 0 Å². The maximum Gasteiger partial charge on any atom is 0.219 e. The Labute approximate surface area is 144 Å². The molecular formula is C17H18N4O2S.